The average Bonchev–Trinajstić information content (AvgIpc) is 3.27. The van der Waals surface area contributed by atoms with Crippen LogP contribution in [0.15, 0.2) is 29.2 Å². The normalized spacial score (nSPS) is 22.9. The number of carbonyl (C=O) groups excluding carboxylic acids is 2. The van der Waals surface area contributed by atoms with Crippen molar-refractivity contribution in [2.24, 2.45) is 5.41 Å². The molecular weight excluding hydrogens is 380 g/mol. The van der Waals surface area contributed by atoms with Crippen LogP contribution in [0.3, 0.4) is 0 Å². The lowest BCUT2D eigenvalue weighted by molar-refractivity contribution is -0.140. The first-order chi connectivity index (χ1) is 13.3. The fourth-order valence-electron chi connectivity index (χ4n) is 4.12. The average molecular weight is 409 g/mol. The summed E-state index contributed by atoms with van der Waals surface area (Å²) in [5.41, 5.74) is 0.325. The van der Waals surface area contributed by atoms with Crippen LogP contribution in [0.5, 0.6) is 0 Å². The zero-order chi connectivity index (χ0) is 20.4. The Balaban J connectivity index is 1.69. The van der Waals surface area contributed by atoms with Crippen LogP contribution in [0.1, 0.15) is 38.2 Å². The van der Waals surface area contributed by atoms with Crippen LogP contribution in [-0.2, 0) is 30.8 Å². The molecule has 2 aliphatic rings. The van der Waals surface area contributed by atoms with Crippen molar-refractivity contribution in [3.8, 4) is 0 Å². The van der Waals surface area contributed by atoms with Gasteiger partial charge in [0, 0.05) is 32.6 Å². The van der Waals surface area contributed by atoms with Crippen molar-refractivity contribution in [1.29, 1.82) is 0 Å². The molecule has 2 fully saturated rings. The van der Waals surface area contributed by atoms with Crippen LogP contribution < -0.4 is 0 Å². The number of aryl methyl sites for hydroxylation is 1. The molecule has 8 heteroatoms. The van der Waals surface area contributed by atoms with Gasteiger partial charge in [-0.15, -0.1) is 0 Å². The molecule has 0 radical (unpaired) electrons. The number of sulfonamides is 1. The summed E-state index contributed by atoms with van der Waals surface area (Å²) in [6, 6.07) is 6.61. The van der Waals surface area contributed by atoms with Crippen molar-refractivity contribution in [2.75, 3.05) is 33.3 Å². The van der Waals surface area contributed by atoms with Crippen molar-refractivity contribution in [2.45, 2.75) is 43.9 Å². The Labute approximate surface area is 166 Å². The zero-order valence-electron chi connectivity index (χ0n) is 16.5. The number of amides is 1. The van der Waals surface area contributed by atoms with Gasteiger partial charge in [-0.1, -0.05) is 19.1 Å². The van der Waals surface area contributed by atoms with Gasteiger partial charge in [0.25, 0.3) is 0 Å². The third-order valence-electron chi connectivity index (χ3n) is 5.82. The molecule has 1 spiro atoms. The Morgan fingerprint density at radius 2 is 1.86 bits per heavy atom. The number of nitrogens with zero attached hydrogens (tertiary/aromatic N) is 2. The third-order valence-corrected chi connectivity index (χ3v) is 7.68. The standard InChI is InChI=1S/C20H28N2O5S/c1-3-12-21-13-10-20(19(21)24)11-14-22(15-20)28(25,26)17-7-4-16(5-8-17)6-9-18(23)27-2/h4-5,7-8H,3,6,9-15H2,1-2H3. The summed E-state index contributed by atoms with van der Waals surface area (Å²) in [5.74, 6) is -0.192. The number of rotatable bonds is 7. The molecule has 0 bridgehead atoms. The van der Waals surface area contributed by atoms with E-state index in [1.54, 1.807) is 24.3 Å². The summed E-state index contributed by atoms with van der Waals surface area (Å²) in [6.45, 7) is 4.13. The molecule has 2 saturated heterocycles. The number of methoxy groups -OCH3 is 1. The highest BCUT2D eigenvalue weighted by molar-refractivity contribution is 7.89. The first-order valence-corrected chi connectivity index (χ1v) is 11.2. The second-order valence-corrected chi connectivity index (χ2v) is 9.57. The number of esters is 1. The van der Waals surface area contributed by atoms with E-state index in [0.717, 1.165) is 31.5 Å². The molecular formula is C20H28N2O5S. The van der Waals surface area contributed by atoms with Crippen molar-refractivity contribution in [3.05, 3.63) is 29.8 Å². The van der Waals surface area contributed by atoms with Crippen molar-refractivity contribution in [3.63, 3.8) is 0 Å². The highest BCUT2D eigenvalue weighted by Gasteiger charge is 2.52. The fourth-order valence-corrected chi connectivity index (χ4v) is 5.65. The molecule has 3 rings (SSSR count). The summed E-state index contributed by atoms with van der Waals surface area (Å²) in [5, 5.41) is 0. The molecule has 154 valence electrons. The minimum absolute atomic E-state index is 0.102. The van der Waals surface area contributed by atoms with Gasteiger partial charge in [0.2, 0.25) is 15.9 Å². The van der Waals surface area contributed by atoms with Gasteiger partial charge in [-0.05, 0) is 43.4 Å². The van der Waals surface area contributed by atoms with E-state index in [1.165, 1.54) is 11.4 Å². The SMILES string of the molecule is CCCN1CCC2(CCN(S(=O)(=O)c3ccc(CCC(=O)OC)cc3)C2)C1=O. The van der Waals surface area contributed by atoms with Gasteiger partial charge in [-0.3, -0.25) is 9.59 Å². The minimum Gasteiger partial charge on any atom is -0.469 e. The maximum atomic E-state index is 13.0. The van der Waals surface area contributed by atoms with Gasteiger partial charge >= 0.3 is 5.97 Å². The van der Waals surface area contributed by atoms with Gasteiger partial charge < -0.3 is 9.64 Å². The van der Waals surface area contributed by atoms with Crippen LogP contribution in [0.25, 0.3) is 0 Å². The number of hydrogen-bond acceptors (Lipinski definition) is 5. The minimum atomic E-state index is -3.64. The van der Waals surface area contributed by atoms with E-state index >= 15 is 0 Å². The van der Waals surface area contributed by atoms with Crippen LogP contribution in [0.2, 0.25) is 0 Å². The summed E-state index contributed by atoms with van der Waals surface area (Å²) >= 11 is 0. The van der Waals surface area contributed by atoms with Gasteiger partial charge in [-0.2, -0.15) is 4.31 Å². The molecule has 0 aliphatic carbocycles. The van der Waals surface area contributed by atoms with Gasteiger partial charge in [-0.25, -0.2) is 8.42 Å². The van der Waals surface area contributed by atoms with Crippen LogP contribution in [-0.4, -0.2) is 62.8 Å². The predicted molar refractivity (Wildman–Crippen MR) is 104 cm³/mol. The fraction of sp³-hybridized carbons (Fsp3) is 0.600. The summed E-state index contributed by atoms with van der Waals surface area (Å²) < 4.78 is 32.1. The molecule has 1 aromatic carbocycles. The van der Waals surface area contributed by atoms with Crippen LogP contribution in [0, 0.1) is 5.41 Å². The zero-order valence-corrected chi connectivity index (χ0v) is 17.3. The van der Waals surface area contributed by atoms with Crippen molar-refractivity contribution >= 4 is 21.9 Å². The summed E-state index contributed by atoms with van der Waals surface area (Å²) in [7, 11) is -2.29. The highest BCUT2D eigenvalue weighted by atomic mass is 32.2. The van der Waals surface area contributed by atoms with E-state index < -0.39 is 15.4 Å². The molecule has 2 heterocycles. The largest absolute Gasteiger partial charge is 0.469 e. The van der Waals surface area contributed by atoms with E-state index in [9.17, 15) is 18.0 Å². The molecule has 1 atom stereocenters. The van der Waals surface area contributed by atoms with Crippen molar-refractivity contribution in [1.82, 2.24) is 9.21 Å². The van der Waals surface area contributed by atoms with E-state index in [0.29, 0.717) is 19.4 Å². The van der Waals surface area contributed by atoms with E-state index in [-0.39, 0.29) is 29.7 Å². The van der Waals surface area contributed by atoms with Crippen LogP contribution in [0.4, 0.5) is 0 Å². The number of hydrogen-bond donors (Lipinski definition) is 0. The molecule has 28 heavy (non-hydrogen) atoms. The molecule has 0 saturated carbocycles. The molecule has 2 aliphatic heterocycles. The van der Waals surface area contributed by atoms with E-state index in [1.807, 2.05) is 11.8 Å². The molecule has 0 aromatic heterocycles. The summed E-state index contributed by atoms with van der Waals surface area (Å²) in [6.07, 6.45) is 2.98. The summed E-state index contributed by atoms with van der Waals surface area (Å²) in [4.78, 5) is 26.1. The highest BCUT2D eigenvalue weighted by Crippen LogP contribution is 2.42. The predicted octanol–water partition coefficient (Wildman–Crippen LogP) is 1.82. The van der Waals surface area contributed by atoms with Crippen molar-refractivity contribution < 1.29 is 22.7 Å². The maximum Gasteiger partial charge on any atom is 0.305 e. The lowest BCUT2D eigenvalue weighted by atomic mass is 9.86. The maximum absolute atomic E-state index is 13.0. The second-order valence-electron chi connectivity index (χ2n) is 7.63. The van der Waals surface area contributed by atoms with Crippen LogP contribution >= 0.6 is 0 Å². The molecule has 1 amide bonds. The first kappa shape index (κ1) is 20.8. The lowest BCUT2D eigenvalue weighted by Crippen LogP contribution is -2.38. The lowest BCUT2D eigenvalue weighted by Gasteiger charge is -2.23. The van der Waals surface area contributed by atoms with Gasteiger partial charge in [0.15, 0.2) is 0 Å². The van der Waals surface area contributed by atoms with E-state index in [4.69, 9.17) is 0 Å². The van der Waals surface area contributed by atoms with E-state index in [2.05, 4.69) is 4.74 Å². The number of benzene rings is 1. The Morgan fingerprint density at radius 3 is 2.50 bits per heavy atom. The van der Waals surface area contributed by atoms with Gasteiger partial charge in [0.05, 0.1) is 17.4 Å². The second kappa shape index (κ2) is 8.21. The Bertz CT molecular complexity index is 837. The number of ether oxygens (including phenoxy) is 1. The molecule has 1 unspecified atom stereocenters. The number of carbonyl (C=O) groups is 2. The monoisotopic (exact) mass is 408 g/mol. The molecule has 7 nitrogen and oxygen atoms in total. The Kier molecular flexibility index (Phi) is 6.09. The Morgan fingerprint density at radius 1 is 1.18 bits per heavy atom. The quantitative estimate of drug-likeness (QED) is 0.643. The topological polar surface area (TPSA) is 84.0 Å². The Hall–Kier alpha value is -1.93. The molecule has 1 aromatic rings. The third kappa shape index (κ3) is 3.93. The molecule has 0 N–H and O–H groups in total. The first-order valence-electron chi connectivity index (χ1n) is 9.78. The number of likely N-dealkylation sites (tertiary alicyclic amines) is 1. The van der Waals surface area contributed by atoms with Gasteiger partial charge in [0.1, 0.15) is 0 Å². The smallest absolute Gasteiger partial charge is 0.305 e.